The summed E-state index contributed by atoms with van der Waals surface area (Å²) in [5.74, 6) is 0.718. The van der Waals surface area contributed by atoms with Crippen LogP contribution in [0.2, 0.25) is 5.02 Å². The highest BCUT2D eigenvalue weighted by molar-refractivity contribution is 6.33. The van der Waals surface area contributed by atoms with Crippen molar-refractivity contribution in [3.05, 3.63) is 22.8 Å². The molecule has 2 saturated heterocycles. The lowest BCUT2D eigenvalue weighted by Crippen LogP contribution is -2.49. The van der Waals surface area contributed by atoms with E-state index >= 15 is 0 Å². The number of hydrogen-bond donors (Lipinski definition) is 1. The van der Waals surface area contributed by atoms with E-state index in [-0.39, 0.29) is 17.1 Å². The highest BCUT2D eigenvalue weighted by Crippen LogP contribution is 2.36. The number of halogens is 4. The molecular formula is C18H24ClF3N4O. The van der Waals surface area contributed by atoms with E-state index in [0.717, 1.165) is 50.8 Å². The number of pyridine rings is 1. The number of nitrogens with zero attached hydrogens (tertiary/aromatic N) is 3. The second kappa shape index (κ2) is 8.12. The first kappa shape index (κ1) is 20.0. The molecule has 1 aromatic heterocycles. The number of carbonyl (C=O) groups is 1. The summed E-state index contributed by atoms with van der Waals surface area (Å²) >= 11 is 6.07. The van der Waals surface area contributed by atoms with Crippen LogP contribution in [-0.4, -0.2) is 41.6 Å². The Hall–Kier alpha value is -1.70. The predicted octanol–water partition coefficient (Wildman–Crippen LogP) is 4.29. The zero-order valence-corrected chi connectivity index (χ0v) is 15.8. The molecule has 2 N–H and O–H groups in total. The maximum absolute atomic E-state index is 12.8. The molecule has 9 heteroatoms. The minimum atomic E-state index is -4.46. The topological polar surface area (TPSA) is 62.5 Å². The van der Waals surface area contributed by atoms with Crippen molar-refractivity contribution in [2.24, 2.45) is 11.7 Å². The molecule has 0 radical (unpaired) electrons. The van der Waals surface area contributed by atoms with Gasteiger partial charge in [0.25, 0.3) is 0 Å². The van der Waals surface area contributed by atoms with E-state index in [1.165, 1.54) is 0 Å². The van der Waals surface area contributed by atoms with Crippen molar-refractivity contribution in [1.29, 1.82) is 0 Å². The van der Waals surface area contributed by atoms with Gasteiger partial charge >= 0.3 is 12.2 Å². The Morgan fingerprint density at radius 3 is 2.44 bits per heavy atom. The van der Waals surface area contributed by atoms with Crippen LogP contribution in [0.5, 0.6) is 0 Å². The maximum Gasteiger partial charge on any atom is 0.417 e. The van der Waals surface area contributed by atoms with Gasteiger partial charge in [-0.25, -0.2) is 9.78 Å². The molecule has 2 fully saturated rings. The molecule has 0 saturated carbocycles. The van der Waals surface area contributed by atoms with Gasteiger partial charge in [-0.3, -0.25) is 0 Å². The van der Waals surface area contributed by atoms with Gasteiger partial charge in [0.2, 0.25) is 0 Å². The number of anilines is 1. The molecule has 1 aromatic rings. The van der Waals surface area contributed by atoms with Crippen LogP contribution in [0.4, 0.5) is 23.8 Å². The molecule has 150 valence electrons. The lowest BCUT2D eigenvalue weighted by molar-refractivity contribution is -0.137. The van der Waals surface area contributed by atoms with E-state index < -0.39 is 11.7 Å². The van der Waals surface area contributed by atoms with Crippen molar-refractivity contribution in [2.75, 3.05) is 24.5 Å². The monoisotopic (exact) mass is 404 g/mol. The first-order valence-corrected chi connectivity index (χ1v) is 9.69. The number of aromatic nitrogens is 1. The van der Waals surface area contributed by atoms with Gasteiger partial charge in [-0.1, -0.05) is 24.4 Å². The van der Waals surface area contributed by atoms with Crippen LogP contribution in [0.15, 0.2) is 12.3 Å². The molecule has 3 rings (SSSR count). The van der Waals surface area contributed by atoms with Crippen LogP contribution < -0.4 is 10.6 Å². The van der Waals surface area contributed by atoms with Gasteiger partial charge in [0, 0.05) is 31.9 Å². The lowest BCUT2D eigenvalue weighted by atomic mass is 9.86. The predicted molar refractivity (Wildman–Crippen MR) is 97.7 cm³/mol. The standard InChI is InChI=1S/C18H24ClF3N4O/c19-14-10-13(18(20,21)22)11-24-16(14)25-8-5-12(6-9-25)15-4-2-1-3-7-26(15)17(23)27/h10-12,15H,1-9H2,(H2,23,27)/t15-/m1/s1. The molecule has 3 heterocycles. The third-order valence-electron chi connectivity index (χ3n) is 5.61. The first-order chi connectivity index (χ1) is 12.8. The Kier molecular flexibility index (Phi) is 6.03. The summed E-state index contributed by atoms with van der Waals surface area (Å²) in [7, 11) is 0. The maximum atomic E-state index is 12.8. The van der Waals surface area contributed by atoms with Gasteiger partial charge in [-0.05, 0) is 37.7 Å². The van der Waals surface area contributed by atoms with Crippen molar-refractivity contribution >= 4 is 23.4 Å². The van der Waals surface area contributed by atoms with Crippen LogP contribution in [0.3, 0.4) is 0 Å². The van der Waals surface area contributed by atoms with Crippen molar-refractivity contribution < 1.29 is 18.0 Å². The summed E-state index contributed by atoms with van der Waals surface area (Å²) in [4.78, 5) is 19.5. The molecular weight excluding hydrogens is 381 g/mol. The van der Waals surface area contributed by atoms with Crippen LogP contribution in [-0.2, 0) is 6.18 Å². The Morgan fingerprint density at radius 1 is 1.15 bits per heavy atom. The number of carbonyl (C=O) groups excluding carboxylic acids is 1. The number of primary amides is 1. The second-order valence-electron chi connectivity index (χ2n) is 7.30. The molecule has 0 aliphatic carbocycles. The van der Waals surface area contributed by atoms with E-state index in [9.17, 15) is 18.0 Å². The van der Waals surface area contributed by atoms with Crippen LogP contribution in [0.25, 0.3) is 0 Å². The number of alkyl halides is 3. The summed E-state index contributed by atoms with van der Waals surface area (Å²) in [6.45, 7) is 1.99. The summed E-state index contributed by atoms with van der Waals surface area (Å²) in [6.07, 6.45) is 2.13. The third kappa shape index (κ3) is 4.59. The normalized spacial score (nSPS) is 22.6. The van der Waals surface area contributed by atoms with Crippen molar-refractivity contribution in [2.45, 2.75) is 50.7 Å². The minimum absolute atomic E-state index is 0.0107. The van der Waals surface area contributed by atoms with Gasteiger partial charge in [0.15, 0.2) is 0 Å². The molecule has 0 aromatic carbocycles. The van der Waals surface area contributed by atoms with Crippen molar-refractivity contribution in [1.82, 2.24) is 9.88 Å². The van der Waals surface area contributed by atoms with Gasteiger partial charge in [-0.15, -0.1) is 0 Å². The van der Waals surface area contributed by atoms with Crippen LogP contribution in [0, 0.1) is 5.92 Å². The summed E-state index contributed by atoms with van der Waals surface area (Å²) in [5.41, 5.74) is 4.73. The van der Waals surface area contributed by atoms with Crippen LogP contribution in [0.1, 0.15) is 44.1 Å². The number of amides is 2. The molecule has 0 bridgehead atoms. The zero-order valence-electron chi connectivity index (χ0n) is 15.0. The summed E-state index contributed by atoms with van der Waals surface area (Å²) in [6, 6.07) is 0.704. The van der Waals surface area contributed by atoms with Gasteiger partial charge in [-0.2, -0.15) is 13.2 Å². The fourth-order valence-corrected chi connectivity index (χ4v) is 4.50. The third-order valence-corrected chi connectivity index (χ3v) is 5.89. The van der Waals surface area contributed by atoms with E-state index in [1.807, 2.05) is 4.90 Å². The zero-order chi connectivity index (χ0) is 19.6. The molecule has 27 heavy (non-hydrogen) atoms. The average molecular weight is 405 g/mol. The van der Waals surface area contributed by atoms with E-state index in [4.69, 9.17) is 17.3 Å². The first-order valence-electron chi connectivity index (χ1n) is 9.31. The Balaban J connectivity index is 1.67. The largest absolute Gasteiger partial charge is 0.417 e. The smallest absolute Gasteiger partial charge is 0.355 e. The van der Waals surface area contributed by atoms with Crippen LogP contribution >= 0.6 is 11.6 Å². The SMILES string of the molecule is NC(=O)N1CCCCC[C@@H]1C1CCN(c2ncc(C(F)(F)F)cc2Cl)CC1. The molecule has 2 amide bonds. The van der Waals surface area contributed by atoms with Gasteiger partial charge in [0.1, 0.15) is 5.82 Å². The fourth-order valence-electron chi connectivity index (χ4n) is 4.21. The van der Waals surface area contributed by atoms with Crippen molar-refractivity contribution in [3.8, 4) is 0 Å². The number of hydrogen-bond acceptors (Lipinski definition) is 3. The Morgan fingerprint density at radius 2 is 1.85 bits per heavy atom. The summed E-state index contributed by atoms with van der Waals surface area (Å²) < 4.78 is 38.3. The average Bonchev–Trinajstić information content (AvgIpc) is 2.87. The summed E-state index contributed by atoms with van der Waals surface area (Å²) in [5, 5.41) is 0.0107. The number of nitrogens with two attached hydrogens (primary N) is 1. The lowest BCUT2D eigenvalue weighted by Gasteiger charge is -2.40. The fraction of sp³-hybridized carbons (Fsp3) is 0.667. The van der Waals surface area contributed by atoms with Crippen molar-refractivity contribution in [3.63, 3.8) is 0 Å². The number of rotatable bonds is 2. The number of piperidine rings is 1. The molecule has 2 aliphatic heterocycles. The van der Waals surface area contributed by atoms with E-state index in [1.54, 1.807) is 4.90 Å². The van der Waals surface area contributed by atoms with Gasteiger partial charge < -0.3 is 15.5 Å². The molecule has 2 aliphatic rings. The number of likely N-dealkylation sites (tertiary alicyclic amines) is 1. The quantitative estimate of drug-likeness (QED) is 0.799. The molecule has 1 atom stereocenters. The van der Waals surface area contributed by atoms with Gasteiger partial charge in [0.05, 0.1) is 10.6 Å². The highest BCUT2D eigenvalue weighted by atomic mass is 35.5. The number of urea groups is 1. The molecule has 0 spiro atoms. The van der Waals surface area contributed by atoms with E-state index in [2.05, 4.69) is 4.98 Å². The Labute approximate surface area is 161 Å². The highest BCUT2D eigenvalue weighted by Gasteiger charge is 2.35. The molecule has 0 unspecified atom stereocenters. The van der Waals surface area contributed by atoms with E-state index in [0.29, 0.717) is 31.4 Å². The minimum Gasteiger partial charge on any atom is -0.355 e. The Bertz CT molecular complexity index is 677. The second-order valence-corrected chi connectivity index (χ2v) is 7.71. The molecule has 5 nitrogen and oxygen atoms in total.